The third-order valence-electron chi connectivity index (χ3n) is 3.35. The standard InChI is InChI=1S/C16H16N2O4/c1-2-3-14-20-10-16(9-18,11-21-14)15(19)22-13-6-4-12(8-17)5-7-13/h4-7,14H,2-3,10-11H2,1H3. The van der Waals surface area contributed by atoms with Crippen LogP contribution in [0.25, 0.3) is 0 Å². The van der Waals surface area contributed by atoms with Gasteiger partial charge in [-0.25, -0.2) is 4.79 Å². The maximum Gasteiger partial charge on any atom is 0.336 e. The van der Waals surface area contributed by atoms with E-state index in [9.17, 15) is 10.1 Å². The molecule has 0 saturated carbocycles. The van der Waals surface area contributed by atoms with Crippen LogP contribution < -0.4 is 4.74 Å². The number of benzene rings is 1. The van der Waals surface area contributed by atoms with Crippen molar-refractivity contribution in [1.82, 2.24) is 0 Å². The Hall–Kier alpha value is -2.41. The second-order valence-corrected chi connectivity index (χ2v) is 5.06. The largest absolute Gasteiger partial charge is 0.425 e. The fourth-order valence-electron chi connectivity index (χ4n) is 1.99. The molecule has 0 bridgehead atoms. The van der Waals surface area contributed by atoms with E-state index in [1.807, 2.05) is 19.1 Å². The Morgan fingerprint density at radius 2 is 1.95 bits per heavy atom. The van der Waals surface area contributed by atoms with Gasteiger partial charge in [0.1, 0.15) is 5.75 Å². The number of carbonyl (C=O) groups excluding carboxylic acids is 1. The molecule has 0 unspecified atom stereocenters. The van der Waals surface area contributed by atoms with Crippen LogP contribution in [0.3, 0.4) is 0 Å². The highest BCUT2D eigenvalue weighted by Crippen LogP contribution is 2.28. The van der Waals surface area contributed by atoms with E-state index in [4.69, 9.17) is 19.5 Å². The summed E-state index contributed by atoms with van der Waals surface area (Å²) in [7, 11) is 0. The summed E-state index contributed by atoms with van der Waals surface area (Å²) in [4.78, 5) is 12.3. The lowest BCUT2D eigenvalue weighted by Crippen LogP contribution is -2.48. The zero-order chi connectivity index (χ0) is 16.0. The molecule has 0 aliphatic carbocycles. The topological polar surface area (TPSA) is 92.3 Å². The van der Waals surface area contributed by atoms with E-state index in [0.717, 1.165) is 6.42 Å². The molecular formula is C16H16N2O4. The van der Waals surface area contributed by atoms with Gasteiger partial charge in [-0.3, -0.25) is 0 Å². The molecule has 1 fully saturated rings. The lowest BCUT2D eigenvalue weighted by atomic mass is 9.91. The Morgan fingerprint density at radius 3 is 2.45 bits per heavy atom. The lowest BCUT2D eigenvalue weighted by Gasteiger charge is -2.33. The summed E-state index contributed by atoms with van der Waals surface area (Å²) in [5, 5.41) is 18.1. The molecular weight excluding hydrogens is 284 g/mol. The highest BCUT2D eigenvalue weighted by Gasteiger charge is 2.46. The number of ether oxygens (including phenoxy) is 3. The van der Waals surface area contributed by atoms with Crippen LogP contribution in [0.5, 0.6) is 5.75 Å². The van der Waals surface area contributed by atoms with Crippen LogP contribution in [0, 0.1) is 28.1 Å². The van der Waals surface area contributed by atoms with Gasteiger partial charge in [0.2, 0.25) is 5.41 Å². The van der Waals surface area contributed by atoms with E-state index in [-0.39, 0.29) is 25.3 Å². The van der Waals surface area contributed by atoms with Crippen molar-refractivity contribution in [3.05, 3.63) is 29.8 Å². The average molecular weight is 300 g/mol. The van der Waals surface area contributed by atoms with Crippen molar-refractivity contribution in [2.24, 2.45) is 5.41 Å². The van der Waals surface area contributed by atoms with E-state index in [1.165, 1.54) is 24.3 Å². The predicted octanol–water partition coefficient (Wildman–Crippen LogP) is 2.15. The van der Waals surface area contributed by atoms with Crippen LogP contribution in [0.15, 0.2) is 24.3 Å². The minimum absolute atomic E-state index is 0.0523. The maximum atomic E-state index is 12.3. The van der Waals surface area contributed by atoms with Crippen LogP contribution in [-0.2, 0) is 14.3 Å². The molecule has 2 rings (SSSR count). The molecule has 1 aliphatic rings. The van der Waals surface area contributed by atoms with Gasteiger partial charge in [0.25, 0.3) is 0 Å². The molecule has 0 N–H and O–H groups in total. The van der Waals surface area contributed by atoms with Gasteiger partial charge in [0.05, 0.1) is 30.9 Å². The number of rotatable bonds is 4. The second-order valence-electron chi connectivity index (χ2n) is 5.06. The van der Waals surface area contributed by atoms with Crippen molar-refractivity contribution in [1.29, 1.82) is 10.5 Å². The minimum atomic E-state index is -1.46. The fourth-order valence-corrected chi connectivity index (χ4v) is 1.99. The summed E-state index contributed by atoms with van der Waals surface area (Å²) in [6, 6.07) is 10.0. The number of carbonyl (C=O) groups is 1. The summed E-state index contributed by atoms with van der Waals surface area (Å²) in [5.74, 6) is -0.441. The van der Waals surface area contributed by atoms with Crippen LogP contribution in [0.4, 0.5) is 0 Å². The molecule has 1 aromatic rings. The Kier molecular flexibility index (Phi) is 5.11. The minimum Gasteiger partial charge on any atom is -0.425 e. The summed E-state index contributed by atoms with van der Waals surface area (Å²) in [5.41, 5.74) is -1.00. The van der Waals surface area contributed by atoms with Gasteiger partial charge in [0, 0.05) is 0 Å². The van der Waals surface area contributed by atoms with Crippen LogP contribution >= 0.6 is 0 Å². The third-order valence-corrected chi connectivity index (χ3v) is 3.35. The van der Waals surface area contributed by atoms with Gasteiger partial charge in [0.15, 0.2) is 6.29 Å². The number of hydrogen-bond acceptors (Lipinski definition) is 6. The summed E-state index contributed by atoms with van der Waals surface area (Å²) < 4.78 is 16.1. The molecule has 0 atom stereocenters. The Morgan fingerprint density at radius 1 is 1.32 bits per heavy atom. The molecule has 0 spiro atoms. The molecule has 22 heavy (non-hydrogen) atoms. The summed E-state index contributed by atoms with van der Waals surface area (Å²) >= 11 is 0. The molecule has 0 radical (unpaired) electrons. The molecule has 0 aromatic heterocycles. The molecule has 6 heteroatoms. The maximum absolute atomic E-state index is 12.3. The Balaban J connectivity index is 2.03. The molecule has 1 heterocycles. The van der Waals surface area contributed by atoms with E-state index in [1.54, 1.807) is 0 Å². The molecule has 6 nitrogen and oxygen atoms in total. The molecule has 0 amide bonds. The Labute approximate surface area is 128 Å². The van der Waals surface area contributed by atoms with Gasteiger partial charge >= 0.3 is 5.97 Å². The van der Waals surface area contributed by atoms with Crippen molar-refractivity contribution in [3.63, 3.8) is 0 Å². The Bertz CT molecular complexity index is 605. The van der Waals surface area contributed by atoms with E-state index >= 15 is 0 Å². The molecule has 114 valence electrons. The first-order chi connectivity index (χ1) is 10.6. The first-order valence-electron chi connectivity index (χ1n) is 7.00. The van der Waals surface area contributed by atoms with Gasteiger partial charge in [-0.1, -0.05) is 13.3 Å². The highest BCUT2D eigenvalue weighted by atomic mass is 16.7. The lowest BCUT2D eigenvalue weighted by molar-refractivity contribution is -0.222. The van der Waals surface area contributed by atoms with Crippen molar-refractivity contribution in [2.45, 2.75) is 26.1 Å². The SMILES string of the molecule is CCCC1OCC(C#N)(C(=O)Oc2ccc(C#N)cc2)CO1. The number of esters is 1. The molecule has 1 aromatic carbocycles. The zero-order valence-electron chi connectivity index (χ0n) is 12.2. The van der Waals surface area contributed by atoms with Crippen molar-refractivity contribution in [3.8, 4) is 17.9 Å². The van der Waals surface area contributed by atoms with E-state index < -0.39 is 11.4 Å². The van der Waals surface area contributed by atoms with Crippen molar-refractivity contribution < 1.29 is 19.0 Å². The van der Waals surface area contributed by atoms with Gasteiger partial charge in [-0.15, -0.1) is 0 Å². The molecule has 1 aliphatic heterocycles. The summed E-state index contributed by atoms with van der Waals surface area (Å²) in [6.07, 6.45) is 1.22. The van der Waals surface area contributed by atoms with Crippen molar-refractivity contribution >= 4 is 5.97 Å². The van der Waals surface area contributed by atoms with E-state index in [0.29, 0.717) is 12.0 Å². The third kappa shape index (κ3) is 3.43. The smallest absolute Gasteiger partial charge is 0.336 e. The number of nitriles is 2. The number of hydrogen-bond donors (Lipinski definition) is 0. The van der Waals surface area contributed by atoms with Crippen LogP contribution in [0.1, 0.15) is 25.3 Å². The van der Waals surface area contributed by atoms with E-state index in [2.05, 4.69) is 0 Å². The average Bonchev–Trinajstić information content (AvgIpc) is 2.56. The first kappa shape index (κ1) is 16.0. The summed E-state index contributed by atoms with van der Waals surface area (Å²) in [6.45, 7) is 1.89. The van der Waals surface area contributed by atoms with Gasteiger partial charge in [-0.2, -0.15) is 10.5 Å². The van der Waals surface area contributed by atoms with Crippen LogP contribution in [0.2, 0.25) is 0 Å². The predicted molar refractivity (Wildman–Crippen MR) is 75.4 cm³/mol. The van der Waals surface area contributed by atoms with Crippen LogP contribution in [-0.4, -0.2) is 25.5 Å². The van der Waals surface area contributed by atoms with Gasteiger partial charge in [-0.05, 0) is 30.7 Å². The monoisotopic (exact) mass is 300 g/mol. The fraction of sp³-hybridized carbons (Fsp3) is 0.438. The van der Waals surface area contributed by atoms with Crippen molar-refractivity contribution in [2.75, 3.05) is 13.2 Å². The quantitative estimate of drug-likeness (QED) is 0.625. The normalized spacial score (nSPS) is 24.0. The first-order valence-corrected chi connectivity index (χ1v) is 7.00. The second kappa shape index (κ2) is 7.04. The highest BCUT2D eigenvalue weighted by molar-refractivity contribution is 5.82. The zero-order valence-corrected chi connectivity index (χ0v) is 12.2. The molecule has 1 saturated heterocycles. The van der Waals surface area contributed by atoms with Gasteiger partial charge < -0.3 is 14.2 Å². The number of nitrogens with zero attached hydrogens (tertiary/aromatic N) is 2.